The maximum absolute atomic E-state index is 4.59. The van der Waals surface area contributed by atoms with E-state index >= 15 is 0 Å². The maximum Gasteiger partial charge on any atom is 0.128 e. The molecule has 1 heterocycles. The summed E-state index contributed by atoms with van der Waals surface area (Å²) in [4.78, 5) is 6.94. The van der Waals surface area contributed by atoms with Crippen LogP contribution in [0.4, 0.5) is 5.82 Å². The zero-order valence-corrected chi connectivity index (χ0v) is 12.4. The van der Waals surface area contributed by atoms with Gasteiger partial charge in [0.25, 0.3) is 0 Å². The lowest BCUT2D eigenvalue weighted by Crippen LogP contribution is -2.28. The molecule has 0 fully saturated rings. The van der Waals surface area contributed by atoms with Crippen LogP contribution in [-0.4, -0.2) is 25.1 Å². The Morgan fingerprint density at radius 1 is 1.28 bits per heavy atom. The van der Waals surface area contributed by atoms with Gasteiger partial charge in [-0.15, -0.1) is 0 Å². The smallest absolute Gasteiger partial charge is 0.128 e. The van der Waals surface area contributed by atoms with E-state index in [-0.39, 0.29) is 0 Å². The molecule has 0 radical (unpaired) electrons. The fraction of sp³-hybridized carbons (Fsp3) is 0.667. The normalized spacial score (nSPS) is 14.3. The molecule has 0 saturated heterocycles. The van der Waals surface area contributed by atoms with E-state index in [0.717, 1.165) is 18.9 Å². The van der Waals surface area contributed by atoms with E-state index in [4.69, 9.17) is 0 Å². The van der Waals surface area contributed by atoms with E-state index in [1.807, 2.05) is 13.2 Å². The van der Waals surface area contributed by atoms with Crippen molar-refractivity contribution in [1.82, 2.24) is 10.3 Å². The zero-order valence-electron chi connectivity index (χ0n) is 12.4. The lowest BCUT2D eigenvalue weighted by atomic mass is 10.1. The Morgan fingerprint density at radius 3 is 2.44 bits per heavy atom. The lowest BCUT2D eigenvalue weighted by Gasteiger charge is -2.25. The molecule has 102 valence electrons. The predicted octanol–water partition coefficient (Wildman–Crippen LogP) is 3.23. The van der Waals surface area contributed by atoms with Crippen LogP contribution in [0.3, 0.4) is 0 Å². The number of aromatic nitrogens is 1. The van der Waals surface area contributed by atoms with E-state index in [1.54, 1.807) is 0 Å². The van der Waals surface area contributed by atoms with Crippen molar-refractivity contribution in [3.63, 3.8) is 0 Å². The van der Waals surface area contributed by atoms with Crippen molar-refractivity contribution >= 4 is 5.82 Å². The minimum atomic E-state index is 0.358. The van der Waals surface area contributed by atoms with Crippen LogP contribution in [0.25, 0.3) is 0 Å². The molecule has 2 unspecified atom stereocenters. The van der Waals surface area contributed by atoms with Gasteiger partial charge in [0.1, 0.15) is 5.82 Å². The number of nitrogens with zero attached hydrogens (tertiary/aromatic N) is 2. The van der Waals surface area contributed by atoms with Crippen LogP contribution in [0.2, 0.25) is 0 Å². The van der Waals surface area contributed by atoms with E-state index < -0.39 is 0 Å². The first-order valence-electron chi connectivity index (χ1n) is 7.00. The monoisotopic (exact) mass is 249 g/mol. The highest BCUT2D eigenvalue weighted by Gasteiger charge is 2.10. The molecule has 0 aromatic carbocycles. The molecular weight excluding hydrogens is 222 g/mol. The molecule has 0 aliphatic heterocycles. The molecule has 0 aliphatic carbocycles. The fourth-order valence-corrected chi connectivity index (χ4v) is 1.90. The van der Waals surface area contributed by atoms with E-state index in [1.165, 1.54) is 12.0 Å². The Bertz CT molecular complexity index is 334. The van der Waals surface area contributed by atoms with Crippen molar-refractivity contribution in [2.45, 2.75) is 40.2 Å². The highest BCUT2D eigenvalue weighted by molar-refractivity contribution is 5.39. The van der Waals surface area contributed by atoms with Gasteiger partial charge in [-0.3, -0.25) is 0 Å². The molecule has 1 aromatic rings. The van der Waals surface area contributed by atoms with Gasteiger partial charge in [-0.05, 0) is 38.4 Å². The summed E-state index contributed by atoms with van der Waals surface area (Å²) in [6.45, 7) is 11.0. The van der Waals surface area contributed by atoms with E-state index in [9.17, 15) is 0 Å². The average Bonchev–Trinajstić information content (AvgIpc) is 2.43. The number of hydrogen-bond acceptors (Lipinski definition) is 3. The molecule has 2 atom stereocenters. The largest absolute Gasteiger partial charge is 0.357 e. The number of anilines is 1. The van der Waals surface area contributed by atoms with Crippen molar-refractivity contribution < 1.29 is 0 Å². The van der Waals surface area contributed by atoms with Gasteiger partial charge < -0.3 is 10.2 Å². The molecule has 3 nitrogen and oxygen atoms in total. The Balaban J connectivity index is 2.75. The minimum absolute atomic E-state index is 0.358. The van der Waals surface area contributed by atoms with Crippen molar-refractivity contribution in [2.24, 2.45) is 5.92 Å². The first-order chi connectivity index (χ1) is 8.62. The van der Waals surface area contributed by atoms with Crippen LogP contribution < -0.4 is 10.2 Å². The Hall–Kier alpha value is -1.09. The van der Waals surface area contributed by atoms with Gasteiger partial charge >= 0.3 is 0 Å². The number of hydrogen-bond donors (Lipinski definition) is 1. The van der Waals surface area contributed by atoms with Crippen LogP contribution in [-0.2, 0) is 0 Å². The van der Waals surface area contributed by atoms with E-state index in [2.05, 4.69) is 55.0 Å². The molecule has 0 spiro atoms. The molecule has 18 heavy (non-hydrogen) atoms. The molecule has 0 saturated carbocycles. The molecule has 0 aliphatic rings. The number of nitrogens with one attached hydrogen (secondary N) is 1. The fourth-order valence-electron chi connectivity index (χ4n) is 1.90. The van der Waals surface area contributed by atoms with Crippen LogP contribution >= 0.6 is 0 Å². The lowest BCUT2D eigenvalue weighted by molar-refractivity contribution is 0.545. The second-order valence-electron chi connectivity index (χ2n) is 5.01. The Kier molecular flexibility index (Phi) is 6.13. The average molecular weight is 249 g/mol. The van der Waals surface area contributed by atoms with Crippen molar-refractivity contribution in [1.29, 1.82) is 0 Å². The minimum Gasteiger partial charge on any atom is -0.357 e. The summed E-state index contributed by atoms with van der Waals surface area (Å²) in [7, 11) is 1.97. The first kappa shape index (κ1) is 15.0. The third kappa shape index (κ3) is 3.98. The van der Waals surface area contributed by atoms with Crippen LogP contribution in [0.15, 0.2) is 18.3 Å². The van der Waals surface area contributed by atoms with Gasteiger partial charge in [0.15, 0.2) is 0 Å². The standard InChI is InChI=1S/C15H27N3/c1-6-12(3)11-18(7-2)15-9-8-14(10-17-15)13(4)16-5/h8-10,12-13,16H,6-7,11H2,1-5H3. The van der Waals surface area contributed by atoms with Crippen molar-refractivity contribution in [3.8, 4) is 0 Å². The summed E-state index contributed by atoms with van der Waals surface area (Å²) in [5, 5.41) is 3.23. The van der Waals surface area contributed by atoms with Crippen LogP contribution in [0.1, 0.15) is 45.7 Å². The van der Waals surface area contributed by atoms with Gasteiger partial charge in [0.2, 0.25) is 0 Å². The second-order valence-corrected chi connectivity index (χ2v) is 5.01. The molecule has 0 amide bonds. The quantitative estimate of drug-likeness (QED) is 0.804. The van der Waals surface area contributed by atoms with E-state index in [0.29, 0.717) is 12.0 Å². The van der Waals surface area contributed by atoms with Gasteiger partial charge in [-0.2, -0.15) is 0 Å². The molecular formula is C15H27N3. The van der Waals surface area contributed by atoms with Crippen molar-refractivity contribution in [3.05, 3.63) is 23.9 Å². The van der Waals surface area contributed by atoms with Gasteiger partial charge in [-0.1, -0.05) is 26.3 Å². The number of rotatable bonds is 7. The summed E-state index contributed by atoms with van der Waals surface area (Å²) in [6.07, 6.45) is 3.20. The van der Waals surface area contributed by atoms with Gasteiger partial charge in [-0.25, -0.2) is 4.98 Å². The third-order valence-electron chi connectivity index (χ3n) is 3.64. The second kappa shape index (κ2) is 7.37. The summed E-state index contributed by atoms with van der Waals surface area (Å²) in [6, 6.07) is 4.66. The first-order valence-corrected chi connectivity index (χ1v) is 7.00. The van der Waals surface area contributed by atoms with Crippen LogP contribution in [0.5, 0.6) is 0 Å². The maximum atomic E-state index is 4.59. The molecule has 3 heteroatoms. The zero-order chi connectivity index (χ0) is 13.5. The third-order valence-corrected chi connectivity index (χ3v) is 3.64. The summed E-state index contributed by atoms with van der Waals surface area (Å²) in [5.41, 5.74) is 1.24. The molecule has 1 rings (SSSR count). The highest BCUT2D eigenvalue weighted by Crippen LogP contribution is 2.17. The van der Waals surface area contributed by atoms with Crippen molar-refractivity contribution in [2.75, 3.05) is 25.0 Å². The Morgan fingerprint density at radius 2 is 2.00 bits per heavy atom. The summed E-state index contributed by atoms with van der Waals surface area (Å²) >= 11 is 0. The van der Waals surface area contributed by atoms with Gasteiger partial charge in [0, 0.05) is 25.3 Å². The van der Waals surface area contributed by atoms with Gasteiger partial charge in [0.05, 0.1) is 0 Å². The number of pyridine rings is 1. The molecule has 1 N–H and O–H groups in total. The molecule has 0 bridgehead atoms. The predicted molar refractivity (Wildman–Crippen MR) is 79.1 cm³/mol. The molecule has 1 aromatic heterocycles. The summed E-state index contributed by atoms with van der Waals surface area (Å²) < 4.78 is 0. The summed E-state index contributed by atoms with van der Waals surface area (Å²) in [5.74, 6) is 1.80. The highest BCUT2D eigenvalue weighted by atomic mass is 15.2. The van der Waals surface area contributed by atoms with Crippen LogP contribution in [0, 0.1) is 5.92 Å². The topological polar surface area (TPSA) is 28.2 Å². The SMILES string of the molecule is CCC(C)CN(CC)c1ccc(C(C)NC)cn1. The Labute approximate surface area is 112 Å².